The van der Waals surface area contributed by atoms with Gasteiger partial charge in [-0.2, -0.15) is 5.26 Å². The molecule has 0 saturated carbocycles. The minimum absolute atomic E-state index is 0.0399. The van der Waals surface area contributed by atoms with Crippen molar-refractivity contribution in [3.63, 3.8) is 0 Å². The Morgan fingerprint density at radius 3 is 2.39 bits per heavy atom. The van der Waals surface area contributed by atoms with E-state index >= 15 is 0 Å². The van der Waals surface area contributed by atoms with Gasteiger partial charge in [0.15, 0.2) is 11.5 Å². The molecule has 0 radical (unpaired) electrons. The lowest BCUT2D eigenvalue weighted by atomic mass is 9.95. The quantitative estimate of drug-likeness (QED) is 0.373. The van der Waals surface area contributed by atoms with Gasteiger partial charge < -0.3 is 14.6 Å². The van der Waals surface area contributed by atoms with E-state index in [1.165, 1.54) is 47.4 Å². The van der Waals surface area contributed by atoms with E-state index in [0.29, 0.717) is 28.3 Å². The largest absolute Gasteiger partial charge is 0.507 e. The van der Waals surface area contributed by atoms with Gasteiger partial charge in [-0.15, -0.1) is 0 Å². The number of carbonyl (C=O) groups excluding carboxylic acids is 2. The van der Waals surface area contributed by atoms with Crippen molar-refractivity contribution in [1.82, 2.24) is 0 Å². The second kappa shape index (κ2) is 7.80. The number of ketones is 1. The molecule has 1 saturated heterocycles. The molecule has 1 atom stereocenters. The predicted octanol–water partition coefficient (Wildman–Crippen LogP) is 4.05. The molecule has 2 aliphatic heterocycles. The van der Waals surface area contributed by atoms with Crippen molar-refractivity contribution >= 4 is 23.1 Å². The number of hydrogen-bond donors (Lipinski definition) is 1. The molecule has 1 amide bonds. The average molecular weight is 442 g/mol. The van der Waals surface area contributed by atoms with Crippen molar-refractivity contribution in [1.29, 1.82) is 5.26 Å². The van der Waals surface area contributed by atoms with E-state index in [1.54, 1.807) is 24.3 Å². The van der Waals surface area contributed by atoms with Crippen LogP contribution in [-0.4, -0.2) is 23.6 Å². The van der Waals surface area contributed by atoms with Gasteiger partial charge in [0.1, 0.15) is 11.6 Å². The number of fused-ring (bicyclic) bond motifs is 1. The highest BCUT2D eigenvalue weighted by molar-refractivity contribution is 6.51. The molecule has 1 unspecified atom stereocenters. The summed E-state index contributed by atoms with van der Waals surface area (Å²) in [4.78, 5) is 27.4. The van der Waals surface area contributed by atoms with Gasteiger partial charge in [0, 0.05) is 11.3 Å². The van der Waals surface area contributed by atoms with E-state index in [0.717, 1.165) is 0 Å². The second-order valence-corrected chi connectivity index (χ2v) is 7.45. The summed E-state index contributed by atoms with van der Waals surface area (Å²) >= 11 is 0. The van der Waals surface area contributed by atoms with Crippen LogP contribution in [0.5, 0.6) is 11.5 Å². The average Bonchev–Trinajstić information content (AvgIpc) is 3.41. The van der Waals surface area contributed by atoms with Crippen LogP contribution < -0.4 is 14.4 Å². The number of rotatable bonds is 3. The summed E-state index contributed by atoms with van der Waals surface area (Å²) < 4.78 is 24.2. The maximum Gasteiger partial charge on any atom is 0.300 e. The standard InChI is InChI=1S/C25H15FN2O5/c26-17-6-3-15(4-7-17)22-21(23(29)16-5-10-19-20(11-16)33-13-32-19)24(30)25(31)28(22)18-8-1-14(12-27)2-9-18/h1-11,22,29H,13H2/b23-21-. The summed E-state index contributed by atoms with van der Waals surface area (Å²) in [6, 6.07) is 17.1. The molecule has 33 heavy (non-hydrogen) atoms. The molecular formula is C25H15FN2O5. The first-order chi connectivity index (χ1) is 16.0. The number of carbonyl (C=O) groups is 2. The lowest BCUT2D eigenvalue weighted by Gasteiger charge is -2.25. The molecule has 3 aromatic carbocycles. The highest BCUT2D eigenvalue weighted by atomic mass is 19.1. The summed E-state index contributed by atoms with van der Waals surface area (Å²) in [5.74, 6) is -1.71. The highest BCUT2D eigenvalue weighted by Gasteiger charge is 2.47. The van der Waals surface area contributed by atoms with E-state index in [1.807, 2.05) is 6.07 Å². The Hall–Kier alpha value is -4.64. The fraction of sp³-hybridized carbons (Fsp3) is 0.0800. The number of nitriles is 1. The van der Waals surface area contributed by atoms with E-state index < -0.39 is 29.3 Å². The number of aliphatic hydroxyl groups is 1. The number of nitrogens with zero attached hydrogens (tertiary/aromatic N) is 2. The van der Waals surface area contributed by atoms with E-state index in [4.69, 9.17) is 14.7 Å². The Morgan fingerprint density at radius 2 is 1.70 bits per heavy atom. The third-order valence-corrected chi connectivity index (χ3v) is 5.55. The topological polar surface area (TPSA) is 99.9 Å². The smallest absolute Gasteiger partial charge is 0.300 e. The highest BCUT2D eigenvalue weighted by Crippen LogP contribution is 2.43. The van der Waals surface area contributed by atoms with Crippen LogP contribution in [0.1, 0.15) is 22.7 Å². The Balaban J connectivity index is 1.69. The van der Waals surface area contributed by atoms with Crippen LogP contribution >= 0.6 is 0 Å². The van der Waals surface area contributed by atoms with Crippen molar-refractivity contribution in [2.45, 2.75) is 6.04 Å². The van der Waals surface area contributed by atoms with Gasteiger partial charge in [0.2, 0.25) is 6.79 Å². The number of ether oxygens (including phenoxy) is 2. The lowest BCUT2D eigenvalue weighted by Crippen LogP contribution is -2.29. The summed E-state index contributed by atoms with van der Waals surface area (Å²) in [5.41, 5.74) is 1.30. The fourth-order valence-electron chi connectivity index (χ4n) is 3.96. The lowest BCUT2D eigenvalue weighted by molar-refractivity contribution is -0.132. The summed E-state index contributed by atoms with van der Waals surface area (Å²) in [6.07, 6.45) is 0. The first kappa shape index (κ1) is 20.3. The van der Waals surface area contributed by atoms with Gasteiger partial charge in [-0.3, -0.25) is 14.5 Å². The zero-order valence-corrected chi connectivity index (χ0v) is 17.0. The molecule has 2 heterocycles. The molecular weight excluding hydrogens is 427 g/mol. The number of benzene rings is 3. The molecule has 7 nitrogen and oxygen atoms in total. The number of hydrogen-bond acceptors (Lipinski definition) is 6. The zero-order valence-electron chi connectivity index (χ0n) is 17.0. The van der Waals surface area contributed by atoms with Crippen LogP contribution in [0.25, 0.3) is 5.76 Å². The van der Waals surface area contributed by atoms with Gasteiger partial charge in [-0.1, -0.05) is 12.1 Å². The van der Waals surface area contributed by atoms with Gasteiger partial charge in [0.25, 0.3) is 11.7 Å². The number of amides is 1. The summed E-state index contributed by atoms with van der Waals surface area (Å²) in [6.45, 7) is 0.0399. The molecule has 3 aromatic rings. The number of Topliss-reactive ketones (excluding diaryl/α,β-unsaturated/α-hetero) is 1. The first-order valence-electron chi connectivity index (χ1n) is 9.94. The maximum atomic E-state index is 13.6. The van der Waals surface area contributed by atoms with Crippen LogP contribution in [0.4, 0.5) is 10.1 Å². The fourth-order valence-corrected chi connectivity index (χ4v) is 3.96. The molecule has 0 bridgehead atoms. The van der Waals surface area contributed by atoms with Crippen LogP contribution in [0.2, 0.25) is 0 Å². The van der Waals surface area contributed by atoms with Crippen molar-refractivity contribution < 1.29 is 28.6 Å². The monoisotopic (exact) mass is 442 g/mol. The Labute approximate surface area is 187 Å². The van der Waals surface area contributed by atoms with Crippen LogP contribution in [0, 0.1) is 17.1 Å². The summed E-state index contributed by atoms with van der Waals surface area (Å²) in [7, 11) is 0. The van der Waals surface area contributed by atoms with Crippen molar-refractivity contribution in [3.05, 3.63) is 94.8 Å². The summed E-state index contributed by atoms with van der Waals surface area (Å²) in [5, 5.41) is 20.2. The van der Waals surface area contributed by atoms with Gasteiger partial charge >= 0.3 is 0 Å². The molecule has 1 N–H and O–H groups in total. The normalized spacial score (nSPS) is 18.4. The van der Waals surface area contributed by atoms with Gasteiger partial charge in [-0.25, -0.2) is 4.39 Å². The van der Waals surface area contributed by atoms with E-state index in [2.05, 4.69) is 0 Å². The van der Waals surface area contributed by atoms with E-state index in [9.17, 15) is 19.1 Å². The van der Waals surface area contributed by atoms with Crippen molar-refractivity contribution in [3.8, 4) is 17.6 Å². The van der Waals surface area contributed by atoms with Crippen LogP contribution in [0.15, 0.2) is 72.3 Å². The Kier molecular flexibility index (Phi) is 4.79. The molecule has 162 valence electrons. The van der Waals surface area contributed by atoms with Gasteiger partial charge in [0.05, 0.1) is 23.2 Å². The SMILES string of the molecule is N#Cc1ccc(N2C(=O)C(=O)/C(=C(\O)c3ccc4c(c3)OCO4)C2c2ccc(F)cc2)cc1. The number of anilines is 1. The number of aliphatic hydroxyl groups excluding tert-OH is 1. The van der Waals surface area contributed by atoms with Crippen LogP contribution in [-0.2, 0) is 9.59 Å². The van der Waals surface area contributed by atoms with Crippen molar-refractivity contribution in [2.24, 2.45) is 0 Å². The first-order valence-corrected chi connectivity index (χ1v) is 9.94. The predicted molar refractivity (Wildman–Crippen MR) is 115 cm³/mol. The number of halogens is 1. The minimum atomic E-state index is -1.01. The van der Waals surface area contributed by atoms with Gasteiger partial charge in [-0.05, 0) is 60.2 Å². The Bertz CT molecular complexity index is 1360. The van der Waals surface area contributed by atoms with E-state index in [-0.39, 0.29) is 17.9 Å². The molecule has 0 spiro atoms. The third kappa shape index (κ3) is 3.36. The van der Waals surface area contributed by atoms with Crippen molar-refractivity contribution in [2.75, 3.05) is 11.7 Å². The molecule has 5 rings (SSSR count). The maximum absolute atomic E-state index is 13.6. The molecule has 2 aliphatic rings. The molecule has 0 aromatic heterocycles. The Morgan fingerprint density at radius 1 is 1.00 bits per heavy atom. The van der Waals surface area contributed by atoms with Crippen LogP contribution in [0.3, 0.4) is 0 Å². The molecule has 0 aliphatic carbocycles. The minimum Gasteiger partial charge on any atom is -0.507 e. The second-order valence-electron chi connectivity index (χ2n) is 7.45. The zero-order chi connectivity index (χ0) is 23.1. The third-order valence-electron chi connectivity index (χ3n) is 5.55. The molecule has 8 heteroatoms. The molecule has 1 fully saturated rings.